The van der Waals surface area contributed by atoms with Gasteiger partial charge in [0.2, 0.25) is 0 Å². The molecule has 0 aliphatic carbocycles. The summed E-state index contributed by atoms with van der Waals surface area (Å²) in [6, 6.07) is 3.77. The minimum atomic E-state index is -3.48. The van der Waals surface area contributed by atoms with Crippen molar-refractivity contribution in [2.75, 3.05) is 0 Å². The average molecular weight is 287 g/mol. The summed E-state index contributed by atoms with van der Waals surface area (Å²) in [5.74, 6) is -0.347. The molecule has 2 nitrogen and oxygen atoms in total. The number of aromatic hydroxyl groups is 1. The van der Waals surface area contributed by atoms with Crippen molar-refractivity contribution < 1.29 is 19.0 Å². The van der Waals surface area contributed by atoms with Gasteiger partial charge in [0, 0.05) is 5.56 Å². The van der Waals surface area contributed by atoms with E-state index in [4.69, 9.17) is 21.8 Å². The van der Waals surface area contributed by atoms with E-state index in [1.165, 1.54) is 18.2 Å². The van der Waals surface area contributed by atoms with E-state index in [-0.39, 0.29) is 16.3 Å². The van der Waals surface area contributed by atoms with E-state index in [2.05, 4.69) is 0 Å². The van der Waals surface area contributed by atoms with Crippen molar-refractivity contribution in [2.24, 2.45) is 0 Å². The second-order valence-electron chi connectivity index (χ2n) is 2.62. The largest absolute Gasteiger partial charge is 0.506 e. The third kappa shape index (κ3) is 2.34. The zero-order valence-electron chi connectivity index (χ0n) is 6.72. The molecular weight excluding hydrogens is 281 g/mol. The maximum absolute atomic E-state index is 12.6. The van der Waals surface area contributed by atoms with Gasteiger partial charge in [-0.05, 0) is 22.0 Å². The van der Waals surface area contributed by atoms with Gasteiger partial charge in [-0.2, -0.15) is 8.78 Å². The summed E-state index contributed by atoms with van der Waals surface area (Å²) in [6.45, 7) is 0. The molecule has 0 spiro atoms. The molecule has 0 saturated heterocycles. The molecule has 78 valence electrons. The molecule has 0 aliphatic rings. The first-order chi connectivity index (χ1) is 6.34. The van der Waals surface area contributed by atoms with Crippen LogP contribution in [0.15, 0.2) is 18.2 Å². The molecule has 1 atom stereocenters. The Morgan fingerprint density at radius 2 is 2.00 bits per heavy atom. The second kappa shape index (κ2) is 4.00. The summed E-state index contributed by atoms with van der Waals surface area (Å²) in [7, 11) is 0. The predicted octanol–water partition coefficient (Wildman–Crippen LogP) is 3.07. The molecule has 0 radical (unpaired) electrons. The van der Waals surface area contributed by atoms with E-state index in [9.17, 15) is 8.78 Å². The average Bonchev–Trinajstić information content (AvgIpc) is 2.07. The van der Waals surface area contributed by atoms with Crippen LogP contribution in [-0.2, 0) is 0 Å². The quantitative estimate of drug-likeness (QED) is 0.821. The highest BCUT2D eigenvalue weighted by molar-refractivity contribution is 9.10. The topological polar surface area (TPSA) is 40.5 Å². The van der Waals surface area contributed by atoms with Crippen molar-refractivity contribution in [1.82, 2.24) is 0 Å². The van der Waals surface area contributed by atoms with Crippen LogP contribution in [0, 0.1) is 0 Å². The highest BCUT2D eigenvalue weighted by Gasteiger charge is 2.37. The van der Waals surface area contributed by atoms with Gasteiger partial charge < -0.3 is 10.2 Å². The lowest BCUT2D eigenvalue weighted by molar-refractivity contribution is -0.0294. The SMILES string of the molecule is Oc1cccc(C(O)C(F)(F)Br)c1Cl. The van der Waals surface area contributed by atoms with Gasteiger partial charge in [-0.1, -0.05) is 23.7 Å². The summed E-state index contributed by atoms with van der Waals surface area (Å²) in [6.07, 6.45) is -2.10. The number of aliphatic hydroxyl groups excluding tert-OH is 1. The first kappa shape index (κ1) is 11.7. The summed E-state index contributed by atoms with van der Waals surface area (Å²) in [5, 5.41) is 18.0. The molecule has 1 rings (SSSR count). The van der Waals surface area contributed by atoms with Crippen LogP contribution >= 0.6 is 27.5 Å². The molecule has 0 fully saturated rings. The number of rotatable bonds is 2. The predicted molar refractivity (Wildman–Crippen MR) is 52.0 cm³/mol. The normalized spacial score (nSPS) is 14.1. The summed E-state index contributed by atoms with van der Waals surface area (Å²) >= 11 is 7.55. The van der Waals surface area contributed by atoms with Crippen molar-refractivity contribution in [2.45, 2.75) is 10.9 Å². The molecule has 1 unspecified atom stereocenters. The molecule has 0 saturated carbocycles. The fraction of sp³-hybridized carbons (Fsp3) is 0.250. The van der Waals surface area contributed by atoms with Gasteiger partial charge in [0.15, 0.2) is 6.10 Å². The molecule has 0 amide bonds. The zero-order chi connectivity index (χ0) is 10.9. The highest BCUT2D eigenvalue weighted by Crippen LogP contribution is 2.41. The Balaban J connectivity index is 3.14. The summed E-state index contributed by atoms with van der Waals surface area (Å²) < 4.78 is 25.3. The van der Waals surface area contributed by atoms with Crippen molar-refractivity contribution in [3.05, 3.63) is 28.8 Å². The molecule has 0 aromatic heterocycles. The third-order valence-corrected chi connectivity index (χ3v) is 2.46. The number of hydrogen-bond acceptors (Lipinski definition) is 2. The second-order valence-corrected chi connectivity index (χ2v) is 4.06. The van der Waals surface area contributed by atoms with Gasteiger partial charge in [0.05, 0.1) is 5.02 Å². The van der Waals surface area contributed by atoms with Crippen LogP contribution < -0.4 is 0 Å². The van der Waals surface area contributed by atoms with Crippen molar-refractivity contribution in [3.63, 3.8) is 0 Å². The van der Waals surface area contributed by atoms with E-state index in [1.807, 2.05) is 15.9 Å². The molecule has 1 aromatic carbocycles. The number of hydrogen-bond donors (Lipinski definition) is 2. The molecular formula is C8H6BrClF2O2. The van der Waals surface area contributed by atoms with Crippen LogP contribution in [0.4, 0.5) is 8.78 Å². The first-order valence-electron chi connectivity index (χ1n) is 3.56. The molecule has 1 aromatic rings. The van der Waals surface area contributed by atoms with E-state index in [0.29, 0.717) is 0 Å². The first-order valence-corrected chi connectivity index (χ1v) is 4.73. The van der Waals surface area contributed by atoms with Crippen molar-refractivity contribution >= 4 is 27.5 Å². The van der Waals surface area contributed by atoms with Gasteiger partial charge in [-0.15, -0.1) is 0 Å². The van der Waals surface area contributed by atoms with E-state index in [1.54, 1.807) is 0 Å². The van der Waals surface area contributed by atoms with Gasteiger partial charge in [0.1, 0.15) is 5.75 Å². The number of phenolic OH excluding ortho intramolecular Hbond substituents is 1. The third-order valence-electron chi connectivity index (χ3n) is 1.61. The van der Waals surface area contributed by atoms with Crippen LogP contribution in [0.1, 0.15) is 11.7 Å². The Morgan fingerprint density at radius 1 is 1.43 bits per heavy atom. The van der Waals surface area contributed by atoms with Crippen molar-refractivity contribution in [3.8, 4) is 5.75 Å². The fourth-order valence-electron chi connectivity index (χ4n) is 0.925. The number of alkyl halides is 3. The zero-order valence-corrected chi connectivity index (χ0v) is 9.06. The summed E-state index contributed by atoms with van der Waals surface area (Å²) in [5.41, 5.74) is -0.228. The fourth-order valence-corrected chi connectivity index (χ4v) is 1.40. The lowest BCUT2D eigenvalue weighted by Crippen LogP contribution is -2.18. The van der Waals surface area contributed by atoms with Crippen LogP contribution in [-0.4, -0.2) is 15.0 Å². The molecule has 0 aliphatic heterocycles. The minimum Gasteiger partial charge on any atom is -0.506 e. The van der Waals surface area contributed by atoms with Crippen LogP contribution in [0.25, 0.3) is 0 Å². The Labute approximate surface area is 92.3 Å². The number of benzene rings is 1. The number of halogens is 4. The van der Waals surface area contributed by atoms with E-state index >= 15 is 0 Å². The Bertz CT molecular complexity index is 341. The van der Waals surface area contributed by atoms with Gasteiger partial charge in [-0.25, -0.2) is 0 Å². The van der Waals surface area contributed by atoms with Crippen LogP contribution in [0.2, 0.25) is 5.02 Å². The lowest BCUT2D eigenvalue weighted by atomic mass is 10.1. The van der Waals surface area contributed by atoms with E-state index < -0.39 is 10.9 Å². The van der Waals surface area contributed by atoms with E-state index in [0.717, 1.165) is 0 Å². The molecule has 2 N–H and O–H groups in total. The van der Waals surface area contributed by atoms with Gasteiger partial charge in [0.25, 0.3) is 0 Å². The van der Waals surface area contributed by atoms with Crippen molar-refractivity contribution in [1.29, 1.82) is 0 Å². The maximum atomic E-state index is 12.6. The van der Waals surface area contributed by atoms with Crippen LogP contribution in [0.3, 0.4) is 0 Å². The van der Waals surface area contributed by atoms with Gasteiger partial charge >= 0.3 is 4.83 Å². The molecule has 0 heterocycles. The lowest BCUT2D eigenvalue weighted by Gasteiger charge is -2.17. The smallest absolute Gasteiger partial charge is 0.330 e. The Hall–Kier alpha value is -0.390. The maximum Gasteiger partial charge on any atom is 0.330 e. The standard InChI is InChI=1S/C8H6BrClF2O2/c9-8(11,12)7(14)4-2-1-3-5(13)6(4)10/h1-3,7,13-14H. The number of phenols is 1. The number of aliphatic hydroxyl groups is 1. The molecule has 6 heteroatoms. The monoisotopic (exact) mass is 286 g/mol. The Morgan fingerprint density at radius 3 is 2.50 bits per heavy atom. The summed E-state index contributed by atoms with van der Waals surface area (Å²) in [4.78, 5) is -3.48. The Kier molecular flexibility index (Phi) is 3.34. The highest BCUT2D eigenvalue weighted by atomic mass is 79.9. The molecule has 14 heavy (non-hydrogen) atoms. The van der Waals surface area contributed by atoms with Crippen LogP contribution in [0.5, 0.6) is 5.75 Å². The van der Waals surface area contributed by atoms with Gasteiger partial charge in [-0.3, -0.25) is 0 Å². The minimum absolute atomic E-state index is 0.228. The molecule has 0 bridgehead atoms.